The fraction of sp³-hybridized carbons (Fsp3) is 0.333. The van der Waals surface area contributed by atoms with E-state index in [-0.39, 0.29) is 11.4 Å². The number of anilines is 1. The second-order valence-electron chi connectivity index (χ2n) is 4.78. The van der Waals surface area contributed by atoms with Gasteiger partial charge in [-0.1, -0.05) is 0 Å². The number of ether oxygens (including phenoxy) is 1. The lowest BCUT2D eigenvalue weighted by Crippen LogP contribution is -2.40. The fourth-order valence-electron chi connectivity index (χ4n) is 1.90. The van der Waals surface area contributed by atoms with E-state index in [9.17, 15) is 4.79 Å². The zero-order valence-electron chi connectivity index (χ0n) is 9.61. The molecule has 0 spiro atoms. The maximum atomic E-state index is 10.6. The van der Waals surface area contributed by atoms with Gasteiger partial charge in [0.15, 0.2) is 5.58 Å². The van der Waals surface area contributed by atoms with Crippen molar-refractivity contribution < 1.29 is 13.9 Å². The Morgan fingerprint density at radius 3 is 3.06 bits per heavy atom. The quantitative estimate of drug-likeness (QED) is 0.764. The van der Waals surface area contributed by atoms with Gasteiger partial charge in [0.2, 0.25) is 6.29 Å². The summed E-state index contributed by atoms with van der Waals surface area (Å²) in [7, 11) is 0. The van der Waals surface area contributed by atoms with E-state index in [2.05, 4.69) is 24.1 Å². The van der Waals surface area contributed by atoms with Gasteiger partial charge in [-0.25, -0.2) is 4.98 Å². The van der Waals surface area contributed by atoms with Crippen LogP contribution < -0.4 is 10.1 Å². The summed E-state index contributed by atoms with van der Waals surface area (Å²) in [6.07, 6.45) is 0.594. The topological polar surface area (TPSA) is 64.4 Å². The molecule has 0 fully saturated rings. The zero-order valence-corrected chi connectivity index (χ0v) is 9.61. The molecule has 2 aromatic rings. The number of aldehydes is 1. The van der Waals surface area contributed by atoms with Gasteiger partial charge >= 0.3 is 0 Å². The molecule has 1 aromatic heterocycles. The number of fused-ring (bicyclic) bond motifs is 2. The summed E-state index contributed by atoms with van der Waals surface area (Å²) in [4.78, 5) is 14.7. The van der Waals surface area contributed by atoms with Gasteiger partial charge in [-0.3, -0.25) is 4.79 Å². The van der Waals surface area contributed by atoms with Crippen molar-refractivity contribution in [2.45, 2.75) is 19.4 Å². The standard InChI is InChI=1S/C12H12N2O3/c1-12(2)6-16-9-4-10-7(3-8(9)14-12)13-11(5-15)17-10/h3-5,14H,6H2,1-2H3. The number of benzene rings is 1. The van der Waals surface area contributed by atoms with Crippen LogP contribution in [-0.4, -0.2) is 23.4 Å². The molecule has 3 rings (SSSR count). The smallest absolute Gasteiger partial charge is 0.260 e. The number of carbonyl (C=O) groups is 1. The summed E-state index contributed by atoms with van der Waals surface area (Å²) in [6, 6.07) is 3.59. The molecule has 1 N–H and O–H groups in total. The van der Waals surface area contributed by atoms with Crippen molar-refractivity contribution in [3.8, 4) is 5.75 Å². The van der Waals surface area contributed by atoms with Crippen LogP contribution in [0.15, 0.2) is 16.5 Å². The number of hydrogen-bond donors (Lipinski definition) is 1. The number of oxazole rings is 1. The number of nitrogens with zero attached hydrogens (tertiary/aromatic N) is 1. The molecule has 0 atom stereocenters. The van der Waals surface area contributed by atoms with Gasteiger partial charge < -0.3 is 14.5 Å². The maximum absolute atomic E-state index is 10.6. The highest BCUT2D eigenvalue weighted by Gasteiger charge is 2.26. The van der Waals surface area contributed by atoms with Gasteiger partial charge in [0.25, 0.3) is 5.89 Å². The van der Waals surface area contributed by atoms with Gasteiger partial charge in [-0.15, -0.1) is 0 Å². The minimum Gasteiger partial charge on any atom is -0.489 e. The normalized spacial score (nSPS) is 17.1. The first-order chi connectivity index (χ1) is 8.07. The monoisotopic (exact) mass is 232 g/mol. The Kier molecular flexibility index (Phi) is 1.92. The molecule has 17 heavy (non-hydrogen) atoms. The van der Waals surface area contributed by atoms with Crippen molar-refractivity contribution in [3.05, 3.63) is 18.0 Å². The minimum absolute atomic E-state index is 0.0848. The van der Waals surface area contributed by atoms with E-state index in [1.807, 2.05) is 6.07 Å². The number of carbonyl (C=O) groups excluding carboxylic acids is 1. The van der Waals surface area contributed by atoms with Crippen LogP contribution in [0.4, 0.5) is 5.69 Å². The molecular formula is C12H12N2O3. The molecule has 1 aliphatic heterocycles. The molecule has 88 valence electrons. The highest BCUT2D eigenvalue weighted by molar-refractivity contribution is 5.85. The van der Waals surface area contributed by atoms with Crippen LogP contribution in [0.1, 0.15) is 24.5 Å². The molecule has 0 radical (unpaired) electrons. The molecule has 1 aromatic carbocycles. The number of rotatable bonds is 1. The molecule has 5 nitrogen and oxygen atoms in total. The predicted octanol–water partition coefficient (Wildman–Crippen LogP) is 2.22. The van der Waals surface area contributed by atoms with Gasteiger partial charge in [-0.05, 0) is 19.9 Å². The summed E-state index contributed by atoms with van der Waals surface area (Å²) in [5, 5.41) is 3.36. The van der Waals surface area contributed by atoms with E-state index < -0.39 is 0 Å². The van der Waals surface area contributed by atoms with Crippen molar-refractivity contribution in [2.24, 2.45) is 0 Å². The average Bonchev–Trinajstić information content (AvgIpc) is 2.66. The molecule has 0 amide bonds. The molecular weight excluding hydrogens is 220 g/mol. The van der Waals surface area contributed by atoms with Crippen LogP contribution in [-0.2, 0) is 0 Å². The number of hydrogen-bond acceptors (Lipinski definition) is 5. The van der Waals surface area contributed by atoms with Crippen LogP contribution in [0.25, 0.3) is 11.1 Å². The van der Waals surface area contributed by atoms with Crippen molar-refractivity contribution in [1.82, 2.24) is 4.98 Å². The van der Waals surface area contributed by atoms with E-state index in [4.69, 9.17) is 9.15 Å². The second-order valence-corrected chi connectivity index (χ2v) is 4.78. The first kappa shape index (κ1) is 10.1. The van der Waals surface area contributed by atoms with Crippen molar-refractivity contribution in [3.63, 3.8) is 0 Å². The largest absolute Gasteiger partial charge is 0.489 e. The summed E-state index contributed by atoms with van der Waals surface area (Å²) in [6.45, 7) is 4.69. The lowest BCUT2D eigenvalue weighted by Gasteiger charge is -2.33. The zero-order chi connectivity index (χ0) is 12.0. The highest BCUT2D eigenvalue weighted by atomic mass is 16.5. The van der Waals surface area contributed by atoms with Crippen LogP contribution in [0.3, 0.4) is 0 Å². The second kappa shape index (κ2) is 3.23. The van der Waals surface area contributed by atoms with Crippen molar-refractivity contribution >= 4 is 23.1 Å². The minimum atomic E-state index is -0.113. The first-order valence-corrected chi connectivity index (χ1v) is 5.38. The molecule has 0 saturated carbocycles. The molecule has 5 heteroatoms. The summed E-state index contributed by atoms with van der Waals surface area (Å²) in [5.41, 5.74) is 1.98. The van der Waals surface area contributed by atoms with E-state index in [0.29, 0.717) is 24.0 Å². The summed E-state index contributed by atoms with van der Waals surface area (Å²) >= 11 is 0. The molecule has 1 aliphatic rings. The molecule has 0 aliphatic carbocycles. The third-order valence-corrected chi connectivity index (χ3v) is 2.67. The number of nitrogens with one attached hydrogen (secondary N) is 1. The summed E-state index contributed by atoms with van der Waals surface area (Å²) in [5.74, 6) is 0.812. The Morgan fingerprint density at radius 1 is 1.47 bits per heavy atom. The Hall–Kier alpha value is -2.04. The van der Waals surface area contributed by atoms with E-state index >= 15 is 0 Å². The van der Waals surface area contributed by atoms with Gasteiger partial charge in [0, 0.05) is 6.07 Å². The lowest BCUT2D eigenvalue weighted by atomic mass is 10.0. The third-order valence-electron chi connectivity index (χ3n) is 2.67. The molecule has 0 saturated heterocycles. The third kappa shape index (κ3) is 1.63. The average molecular weight is 232 g/mol. The van der Waals surface area contributed by atoms with Crippen LogP contribution in [0.2, 0.25) is 0 Å². The number of aromatic nitrogens is 1. The van der Waals surface area contributed by atoms with E-state index in [0.717, 1.165) is 11.4 Å². The Labute approximate surface area is 97.8 Å². The van der Waals surface area contributed by atoms with Crippen molar-refractivity contribution in [1.29, 1.82) is 0 Å². The first-order valence-electron chi connectivity index (χ1n) is 5.38. The highest BCUT2D eigenvalue weighted by Crippen LogP contribution is 2.35. The Balaban J connectivity index is 2.15. The molecule has 0 bridgehead atoms. The van der Waals surface area contributed by atoms with Gasteiger partial charge in [-0.2, -0.15) is 0 Å². The van der Waals surface area contributed by atoms with E-state index in [1.165, 1.54) is 0 Å². The van der Waals surface area contributed by atoms with Crippen LogP contribution in [0, 0.1) is 0 Å². The van der Waals surface area contributed by atoms with Crippen LogP contribution in [0.5, 0.6) is 5.75 Å². The fourth-order valence-corrected chi connectivity index (χ4v) is 1.90. The van der Waals surface area contributed by atoms with Gasteiger partial charge in [0.1, 0.15) is 17.9 Å². The van der Waals surface area contributed by atoms with E-state index in [1.54, 1.807) is 6.07 Å². The Morgan fingerprint density at radius 2 is 2.29 bits per heavy atom. The summed E-state index contributed by atoms with van der Waals surface area (Å²) < 4.78 is 10.9. The SMILES string of the molecule is CC1(C)COc2cc3oc(C=O)nc3cc2N1. The predicted molar refractivity (Wildman–Crippen MR) is 62.6 cm³/mol. The Bertz CT molecular complexity index is 601. The molecule has 2 heterocycles. The van der Waals surface area contributed by atoms with Crippen LogP contribution >= 0.6 is 0 Å². The lowest BCUT2D eigenvalue weighted by molar-refractivity contribution is 0.109. The van der Waals surface area contributed by atoms with Crippen molar-refractivity contribution in [2.75, 3.05) is 11.9 Å². The molecule has 0 unspecified atom stereocenters. The van der Waals surface area contributed by atoms with Gasteiger partial charge in [0.05, 0.1) is 11.2 Å². The maximum Gasteiger partial charge on any atom is 0.260 e.